The number of halogens is 1. The van der Waals surface area contributed by atoms with Crippen molar-refractivity contribution in [2.75, 3.05) is 14.2 Å². The summed E-state index contributed by atoms with van der Waals surface area (Å²) in [5.74, 6) is 1.23. The summed E-state index contributed by atoms with van der Waals surface area (Å²) in [6, 6.07) is 7.09. The lowest BCUT2D eigenvalue weighted by molar-refractivity contribution is 0.223. The lowest BCUT2D eigenvalue weighted by Crippen LogP contribution is -1.99. The molecule has 18 heavy (non-hydrogen) atoms. The van der Waals surface area contributed by atoms with E-state index < -0.39 is 6.10 Å². The Morgan fingerprint density at radius 2 is 1.89 bits per heavy atom. The van der Waals surface area contributed by atoms with Crippen LogP contribution >= 0.6 is 22.9 Å². The third-order valence-corrected chi connectivity index (χ3v) is 3.91. The fourth-order valence-electron chi connectivity index (χ4n) is 1.66. The fourth-order valence-corrected chi connectivity index (χ4v) is 2.75. The van der Waals surface area contributed by atoms with Crippen molar-refractivity contribution in [2.24, 2.45) is 0 Å². The van der Waals surface area contributed by atoms with Crippen LogP contribution in [0.15, 0.2) is 29.6 Å². The van der Waals surface area contributed by atoms with Crippen LogP contribution in [0.3, 0.4) is 0 Å². The van der Waals surface area contributed by atoms with Gasteiger partial charge in [-0.1, -0.05) is 17.7 Å². The van der Waals surface area contributed by atoms with Gasteiger partial charge in [0.15, 0.2) is 11.5 Å². The molecule has 5 heteroatoms. The first-order valence-corrected chi connectivity index (χ1v) is 6.55. The van der Waals surface area contributed by atoms with E-state index >= 15 is 0 Å². The van der Waals surface area contributed by atoms with Crippen molar-refractivity contribution >= 4 is 22.9 Å². The maximum absolute atomic E-state index is 10.2. The Bertz CT molecular complexity index is 539. The molecule has 0 saturated heterocycles. The molecule has 1 unspecified atom stereocenters. The predicted molar refractivity (Wildman–Crippen MR) is 72.9 cm³/mol. The highest BCUT2D eigenvalue weighted by atomic mass is 35.5. The second-order valence-electron chi connectivity index (χ2n) is 3.68. The number of aliphatic hydroxyl groups excluding tert-OH is 1. The van der Waals surface area contributed by atoms with Gasteiger partial charge in [0.25, 0.3) is 0 Å². The number of hydrogen-bond acceptors (Lipinski definition) is 4. The Hall–Kier alpha value is -1.23. The fraction of sp³-hybridized carbons (Fsp3) is 0.231. The van der Waals surface area contributed by atoms with E-state index in [0.717, 1.165) is 10.4 Å². The third kappa shape index (κ3) is 2.61. The summed E-state index contributed by atoms with van der Waals surface area (Å²) in [6.07, 6.45) is -0.706. The maximum Gasteiger partial charge on any atom is 0.161 e. The zero-order valence-electron chi connectivity index (χ0n) is 10.0. The van der Waals surface area contributed by atoms with Gasteiger partial charge in [0.1, 0.15) is 6.10 Å². The van der Waals surface area contributed by atoms with Gasteiger partial charge in [-0.3, -0.25) is 0 Å². The van der Waals surface area contributed by atoms with Crippen LogP contribution in [-0.2, 0) is 0 Å². The molecule has 0 aliphatic carbocycles. The lowest BCUT2D eigenvalue weighted by Gasteiger charge is -2.13. The number of aliphatic hydroxyl groups is 1. The van der Waals surface area contributed by atoms with Gasteiger partial charge in [-0.25, -0.2) is 0 Å². The Balaban J connectivity index is 2.33. The molecule has 0 radical (unpaired) electrons. The summed E-state index contributed by atoms with van der Waals surface area (Å²) in [7, 11) is 3.14. The van der Waals surface area contributed by atoms with Crippen molar-refractivity contribution in [3.05, 3.63) is 45.1 Å². The molecule has 1 atom stereocenters. The SMILES string of the molecule is COc1ccc(C(O)c2cc(Cl)cs2)cc1OC. The Morgan fingerprint density at radius 1 is 1.17 bits per heavy atom. The molecule has 2 aromatic rings. The van der Waals surface area contributed by atoms with Crippen LogP contribution in [0.25, 0.3) is 0 Å². The Kier molecular flexibility index (Phi) is 4.11. The van der Waals surface area contributed by atoms with Crippen LogP contribution in [0.5, 0.6) is 11.5 Å². The number of rotatable bonds is 4. The van der Waals surface area contributed by atoms with Crippen LogP contribution in [0.2, 0.25) is 5.02 Å². The molecule has 0 aliphatic rings. The van der Waals surface area contributed by atoms with Crippen molar-refractivity contribution < 1.29 is 14.6 Å². The van der Waals surface area contributed by atoms with Gasteiger partial charge in [-0.05, 0) is 23.8 Å². The first-order chi connectivity index (χ1) is 8.65. The number of methoxy groups -OCH3 is 2. The molecule has 0 bridgehead atoms. The van der Waals surface area contributed by atoms with Crippen molar-refractivity contribution in [1.82, 2.24) is 0 Å². The first-order valence-electron chi connectivity index (χ1n) is 5.29. The minimum Gasteiger partial charge on any atom is -0.493 e. The van der Waals surface area contributed by atoms with E-state index in [1.54, 1.807) is 43.9 Å². The second kappa shape index (κ2) is 5.61. The highest BCUT2D eigenvalue weighted by Gasteiger charge is 2.15. The van der Waals surface area contributed by atoms with Gasteiger partial charge >= 0.3 is 0 Å². The minimum absolute atomic E-state index is 0.594. The van der Waals surface area contributed by atoms with E-state index in [4.69, 9.17) is 21.1 Å². The average Bonchev–Trinajstić information content (AvgIpc) is 2.83. The first kappa shape index (κ1) is 13.2. The standard InChI is InChI=1S/C13H13ClO3S/c1-16-10-4-3-8(5-11(10)17-2)13(15)12-6-9(14)7-18-12/h3-7,13,15H,1-2H3. The minimum atomic E-state index is -0.706. The van der Waals surface area contributed by atoms with Crippen LogP contribution < -0.4 is 9.47 Å². The smallest absolute Gasteiger partial charge is 0.161 e. The molecule has 1 aromatic carbocycles. The van der Waals surface area contributed by atoms with Crippen molar-refractivity contribution in [3.63, 3.8) is 0 Å². The number of thiophene rings is 1. The Morgan fingerprint density at radius 3 is 2.44 bits per heavy atom. The molecule has 2 rings (SSSR count). The van der Waals surface area contributed by atoms with E-state index in [9.17, 15) is 5.11 Å². The molecule has 1 heterocycles. The molecule has 0 aliphatic heterocycles. The zero-order valence-corrected chi connectivity index (χ0v) is 11.6. The summed E-state index contributed by atoms with van der Waals surface area (Å²) in [5, 5.41) is 12.7. The second-order valence-corrected chi connectivity index (χ2v) is 5.06. The highest BCUT2D eigenvalue weighted by molar-refractivity contribution is 7.10. The molecule has 0 fully saturated rings. The molecule has 96 valence electrons. The monoisotopic (exact) mass is 284 g/mol. The zero-order chi connectivity index (χ0) is 13.1. The quantitative estimate of drug-likeness (QED) is 0.934. The van der Waals surface area contributed by atoms with Gasteiger partial charge in [0, 0.05) is 10.3 Å². The summed E-state index contributed by atoms with van der Waals surface area (Å²) in [5.41, 5.74) is 0.742. The van der Waals surface area contributed by atoms with E-state index in [2.05, 4.69) is 0 Å². The normalized spacial score (nSPS) is 12.2. The van der Waals surface area contributed by atoms with Gasteiger partial charge in [0.05, 0.1) is 19.2 Å². The Labute approximate surface area is 115 Å². The molecule has 1 aromatic heterocycles. The molecule has 1 N–H and O–H groups in total. The number of benzene rings is 1. The summed E-state index contributed by atoms with van der Waals surface area (Å²) >= 11 is 7.27. The molecule has 0 spiro atoms. The van der Waals surface area contributed by atoms with Gasteiger partial charge in [-0.15, -0.1) is 11.3 Å². The topological polar surface area (TPSA) is 38.7 Å². The average molecular weight is 285 g/mol. The van der Waals surface area contributed by atoms with Gasteiger partial charge in [-0.2, -0.15) is 0 Å². The van der Waals surface area contributed by atoms with Crippen molar-refractivity contribution in [3.8, 4) is 11.5 Å². The molecular weight excluding hydrogens is 272 g/mol. The van der Waals surface area contributed by atoms with E-state index in [0.29, 0.717) is 16.5 Å². The van der Waals surface area contributed by atoms with Crippen LogP contribution in [0, 0.1) is 0 Å². The summed E-state index contributed by atoms with van der Waals surface area (Å²) in [4.78, 5) is 0.798. The number of hydrogen-bond donors (Lipinski definition) is 1. The largest absolute Gasteiger partial charge is 0.493 e. The maximum atomic E-state index is 10.2. The van der Waals surface area contributed by atoms with E-state index in [-0.39, 0.29) is 0 Å². The van der Waals surface area contributed by atoms with Crippen molar-refractivity contribution in [2.45, 2.75) is 6.10 Å². The van der Waals surface area contributed by atoms with Crippen LogP contribution in [0.1, 0.15) is 16.5 Å². The highest BCUT2D eigenvalue weighted by Crippen LogP contribution is 2.34. The number of ether oxygens (including phenoxy) is 2. The molecule has 0 amide bonds. The third-order valence-electron chi connectivity index (χ3n) is 2.58. The lowest BCUT2D eigenvalue weighted by atomic mass is 10.1. The molecular formula is C13H13ClO3S. The van der Waals surface area contributed by atoms with Gasteiger partial charge in [0.2, 0.25) is 0 Å². The van der Waals surface area contributed by atoms with E-state index in [1.807, 2.05) is 0 Å². The van der Waals surface area contributed by atoms with Crippen molar-refractivity contribution in [1.29, 1.82) is 0 Å². The van der Waals surface area contributed by atoms with Crippen LogP contribution in [-0.4, -0.2) is 19.3 Å². The van der Waals surface area contributed by atoms with Crippen LogP contribution in [0.4, 0.5) is 0 Å². The molecule has 0 saturated carbocycles. The molecule has 3 nitrogen and oxygen atoms in total. The van der Waals surface area contributed by atoms with Gasteiger partial charge < -0.3 is 14.6 Å². The predicted octanol–water partition coefficient (Wildman–Crippen LogP) is 3.50. The van der Waals surface area contributed by atoms with E-state index in [1.165, 1.54) is 11.3 Å². The summed E-state index contributed by atoms with van der Waals surface area (Å²) < 4.78 is 10.4. The summed E-state index contributed by atoms with van der Waals surface area (Å²) in [6.45, 7) is 0.